The van der Waals surface area contributed by atoms with E-state index in [0.29, 0.717) is 3.23 Å². The molecule has 0 nitrogen and oxygen atoms in total. The third-order valence-corrected chi connectivity index (χ3v) is 4.23. The van der Waals surface area contributed by atoms with Gasteiger partial charge in [-0.3, -0.25) is 0 Å². The van der Waals surface area contributed by atoms with E-state index in [-0.39, 0.29) is 0 Å². The van der Waals surface area contributed by atoms with Crippen molar-refractivity contribution in [2.24, 2.45) is 11.8 Å². The lowest BCUT2D eigenvalue weighted by atomic mass is 10.3. The Kier molecular flexibility index (Phi) is 0.961. The summed E-state index contributed by atoms with van der Waals surface area (Å²) in [4.78, 5) is 0. The lowest BCUT2D eigenvalue weighted by Crippen LogP contribution is -1.88. The molecular formula is C6H6Br2. The molecule has 1 fully saturated rings. The quantitative estimate of drug-likeness (QED) is 0.449. The van der Waals surface area contributed by atoms with Crippen molar-refractivity contribution in [1.82, 2.24) is 0 Å². The first-order valence-electron chi connectivity index (χ1n) is 2.77. The fraction of sp³-hybridized carbons (Fsp3) is 0.667. The van der Waals surface area contributed by atoms with Crippen LogP contribution in [0.3, 0.4) is 0 Å². The van der Waals surface area contributed by atoms with Gasteiger partial charge in [-0.15, -0.1) is 0 Å². The van der Waals surface area contributed by atoms with Gasteiger partial charge in [-0.05, 0) is 12.3 Å². The van der Waals surface area contributed by atoms with Gasteiger partial charge in [0.2, 0.25) is 0 Å². The van der Waals surface area contributed by atoms with Crippen LogP contribution in [0.1, 0.15) is 6.42 Å². The van der Waals surface area contributed by atoms with Crippen molar-refractivity contribution in [1.29, 1.82) is 0 Å². The van der Waals surface area contributed by atoms with E-state index in [1.165, 1.54) is 6.42 Å². The smallest absolute Gasteiger partial charge is 0.0878 e. The van der Waals surface area contributed by atoms with Gasteiger partial charge in [0.15, 0.2) is 0 Å². The predicted octanol–water partition coefficient (Wildman–Crippen LogP) is 2.68. The maximum Gasteiger partial charge on any atom is 0.0908 e. The molecule has 0 aromatic heterocycles. The van der Waals surface area contributed by atoms with Gasteiger partial charge in [0.05, 0.1) is 3.23 Å². The van der Waals surface area contributed by atoms with Gasteiger partial charge >= 0.3 is 0 Å². The Bertz CT molecular complexity index is 149. The van der Waals surface area contributed by atoms with E-state index in [4.69, 9.17) is 0 Å². The van der Waals surface area contributed by atoms with E-state index in [0.717, 1.165) is 11.8 Å². The van der Waals surface area contributed by atoms with Gasteiger partial charge in [-0.1, -0.05) is 44.0 Å². The Morgan fingerprint density at radius 3 is 2.50 bits per heavy atom. The zero-order valence-electron chi connectivity index (χ0n) is 4.27. The molecule has 2 heteroatoms. The standard InChI is InChI=1S/C6H6Br2/c7-6(8)4-2-1-3-5(4)6/h1-2,4-5H,3H2. The summed E-state index contributed by atoms with van der Waals surface area (Å²) >= 11 is 7.19. The molecule has 1 saturated carbocycles. The fourth-order valence-corrected chi connectivity index (χ4v) is 2.98. The van der Waals surface area contributed by atoms with Crippen LogP contribution in [0.4, 0.5) is 0 Å². The number of allylic oxidation sites excluding steroid dienone is 2. The number of halogens is 2. The molecule has 0 aliphatic heterocycles. The van der Waals surface area contributed by atoms with Crippen molar-refractivity contribution < 1.29 is 0 Å². The van der Waals surface area contributed by atoms with Crippen molar-refractivity contribution in [2.45, 2.75) is 9.65 Å². The van der Waals surface area contributed by atoms with E-state index in [1.807, 2.05) is 0 Å². The van der Waals surface area contributed by atoms with E-state index in [1.54, 1.807) is 0 Å². The Morgan fingerprint density at radius 2 is 2.25 bits per heavy atom. The summed E-state index contributed by atoms with van der Waals surface area (Å²) in [5.74, 6) is 1.63. The highest BCUT2D eigenvalue weighted by molar-refractivity contribution is 9.25. The SMILES string of the molecule is BrC1(Br)C2C=CCC21. The van der Waals surface area contributed by atoms with Crippen LogP contribution < -0.4 is 0 Å². The molecule has 0 aromatic rings. The third-order valence-electron chi connectivity index (χ3n) is 2.00. The number of rotatable bonds is 0. The molecule has 0 bridgehead atoms. The van der Waals surface area contributed by atoms with Crippen molar-refractivity contribution in [3.05, 3.63) is 12.2 Å². The molecular weight excluding hydrogens is 232 g/mol. The molecule has 0 heterocycles. The van der Waals surface area contributed by atoms with E-state index in [2.05, 4.69) is 44.0 Å². The summed E-state index contributed by atoms with van der Waals surface area (Å²) in [5.41, 5.74) is 0. The first kappa shape index (κ1) is 5.48. The Morgan fingerprint density at radius 1 is 1.50 bits per heavy atom. The zero-order valence-corrected chi connectivity index (χ0v) is 7.44. The average Bonchev–Trinajstić information content (AvgIpc) is 2.22. The van der Waals surface area contributed by atoms with Gasteiger partial charge in [-0.2, -0.15) is 0 Å². The molecule has 44 valence electrons. The van der Waals surface area contributed by atoms with Crippen LogP contribution in [0.2, 0.25) is 0 Å². The summed E-state index contributed by atoms with van der Waals surface area (Å²) < 4.78 is 0.300. The summed E-state index contributed by atoms with van der Waals surface area (Å²) in [7, 11) is 0. The van der Waals surface area contributed by atoms with Crippen molar-refractivity contribution in [3.8, 4) is 0 Å². The average molecular weight is 238 g/mol. The maximum atomic E-state index is 3.59. The third kappa shape index (κ3) is 0.508. The Hall–Kier alpha value is 0.700. The van der Waals surface area contributed by atoms with Gasteiger partial charge < -0.3 is 0 Å². The number of hydrogen-bond acceptors (Lipinski definition) is 0. The number of fused-ring (bicyclic) bond motifs is 1. The van der Waals surface area contributed by atoms with Crippen LogP contribution in [0, 0.1) is 11.8 Å². The topological polar surface area (TPSA) is 0 Å². The van der Waals surface area contributed by atoms with Gasteiger partial charge in [0, 0.05) is 5.92 Å². The van der Waals surface area contributed by atoms with Gasteiger partial charge in [-0.25, -0.2) is 0 Å². The zero-order chi connectivity index (χ0) is 5.78. The molecule has 2 aliphatic rings. The molecule has 0 radical (unpaired) electrons. The first-order chi connectivity index (χ1) is 3.73. The number of alkyl halides is 2. The maximum absolute atomic E-state index is 3.59. The van der Waals surface area contributed by atoms with Crippen molar-refractivity contribution in [2.75, 3.05) is 0 Å². The molecule has 8 heavy (non-hydrogen) atoms. The van der Waals surface area contributed by atoms with Crippen LogP contribution in [-0.4, -0.2) is 3.23 Å². The second kappa shape index (κ2) is 1.40. The molecule has 2 rings (SSSR count). The predicted molar refractivity (Wildman–Crippen MR) is 41.3 cm³/mol. The highest BCUT2D eigenvalue weighted by atomic mass is 79.9. The van der Waals surface area contributed by atoms with E-state index >= 15 is 0 Å². The molecule has 0 saturated heterocycles. The number of hydrogen-bond donors (Lipinski definition) is 0. The lowest BCUT2D eigenvalue weighted by Gasteiger charge is -1.95. The Labute approximate surface area is 65.6 Å². The molecule has 0 aromatic carbocycles. The fourth-order valence-electron chi connectivity index (χ4n) is 1.35. The normalized spacial score (nSPS) is 46.8. The molecule has 0 N–H and O–H groups in total. The highest BCUT2D eigenvalue weighted by Gasteiger charge is 2.61. The van der Waals surface area contributed by atoms with E-state index in [9.17, 15) is 0 Å². The van der Waals surface area contributed by atoms with Crippen molar-refractivity contribution in [3.63, 3.8) is 0 Å². The molecule has 0 spiro atoms. The van der Waals surface area contributed by atoms with Crippen LogP contribution >= 0.6 is 31.9 Å². The summed E-state index contributed by atoms with van der Waals surface area (Å²) in [6.45, 7) is 0. The van der Waals surface area contributed by atoms with Crippen LogP contribution in [0.15, 0.2) is 12.2 Å². The van der Waals surface area contributed by atoms with Crippen LogP contribution in [0.25, 0.3) is 0 Å². The van der Waals surface area contributed by atoms with Crippen LogP contribution in [0.5, 0.6) is 0 Å². The molecule has 0 amide bonds. The minimum atomic E-state index is 0.300. The van der Waals surface area contributed by atoms with Crippen LogP contribution in [-0.2, 0) is 0 Å². The highest BCUT2D eigenvalue weighted by Crippen LogP contribution is 2.66. The molecule has 2 unspecified atom stereocenters. The molecule has 2 atom stereocenters. The van der Waals surface area contributed by atoms with Gasteiger partial charge in [0.25, 0.3) is 0 Å². The second-order valence-corrected chi connectivity index (χ2v) is 6.16. The largest absolute Gasteiger partial charge is 0.0908 e. The van der Waals surface area contributed by atoms with Gasteiger partial charge in [0.1, 0.15) is 0 Å². The first-order valence-corrected chi connectivity index (χ1v) is 4.36. The van der Waals surface area contributed by atoms with Crippen molar-refractivity contribution >= 4 is 31.9 Å². The van der Waals surface area contributed by atoms with E-state index < -0.39 is 0 Å². The molecule has 2 aliphatic carbocycles. The summed E-state index contributed by atoms with van der Waals surface area (Å²) in [5, 5.41) is 0. The summed E-state index contributed by atoms with van der Waals surface area (Å²) in [6.07, 6.45) is 5.80. The Balaban J connectivity index is 2.24. The monoisotopic (exact) mass is 236 g/mol. The minimum Gasteiger partial charge on any atom is -0.0878 e. The minimum absolute atomic E-state index is 0.300. The lowest BCUT2D eigenvalue weighted by molar-refractivity contribution is 0.854. The second-order valence-electron chi connectivity index (χ2n) is 2.47. The summed E-state index contributed by atoms with van der Waals surface area (Å²) in [6, 6.07) is 0.